The normalized spacial score (nSPS) is 10.9. The number of ether oxygens (including phenoxy) is 4. The molecule has 22 heteroatoms. The van der Waals surface area contributed by atoms with Crippen LogP contribution in [0, 0.1) is 0 Å². The second-order valence-corrected chi connectivity index (χ2v) is 18.8. The van der Waals surface area contributed by atoms with Crippen molar-refractivity contribution in [2.75, 3.05) is 139 Å². The summed E-state index contributed by atoms with van der Waals surface area (Å²) in [6.45, 7) is 1.12. The molecule has 0 aliphatic rings. The summed E-state index contributed by atoms with van der Waals surface area (Å²) in [5.74, 6) is -3.08. The SMILES string of the molecule is COCCN(CC(=O)N(CCc1ccccc1)CC(=O)N(CCOC)CC(=O)N(CCc1ccccc1)CC(=O)NCCOCCOCCNC(=O)/C=N/OCC(=O)NCc1cccc(Br)c1)C(=O)CNCCc1ccccc1. The number of amides is 7. The maximum atomic E-state index is 14.3. The Labute approximate surface area is 471 Å². The molecule has 0 fully saturated rings. The van der Waals surface area contributed by atoms with E-state index in [4.69, 9.17) is 23.8 Å². The molecule has 4 rings (SSSR count). The zero-order chi connectivity index (χ0) is 56.7. The van der Waals surface area contributed by atoms with Crippen LogP contribution in [0.1, 0.15) is 22.3 Å². The minimum absolute atomic E-state index is 0.00410. The molecular weight excluding hydrogens is 1080 g/mol. The third-order valence-electron chi connectivity index (χ3n) is 11.9. The number of carbonyl (C=O) groups excluding carboxylic acids is 7. The van der Waals surface area contributed by atoms with Crippen LogP contribution in [0.15, 0.2) is 125 Å². The van der Waals surface area contributed by atoms with E-state index >= 15 is 0 Å². The third kappa shape index (κ3) is 28.4. The lowest BCUT2D eigenvalue weighted by molar-refractivity contribution is -0.147. The average Bonchev–Trinajstić information content (AvgIpc) is 3.46. The van der Waals surface area contributed by atoms with Crippen molar-refractivity contribution >= 4 is 63.5 Å². The van der Waals surface area contributed by atoms with E-state index in [1.54, 1.807) is 0 Å². The van der Waals surface area contributed by atoms with Crippen LogP contribution in [0.2, 0.25) is 0 Å². The molecule has 21 nitrogen and oxygen atoms in total. The van der Waals surface area contributed by atoms with Gasteiger partial charge in [0.15, 0.2) is 6.61 Å². The molecule has 0 heterocycles. The number of benzene rings is 4. The summed E-state index contributed by atoms with van der Waals surface area (Å²) >= 11 is 3.38. The van der Waals surface area contributed by atoms with Crippen LogP contribution in [0.4, 0.5) is 0 Å². The number of rotatable bonds is 40. The Hall–Kier alpha value is -7.08. The summed E-state index contributed by atoms with van der Waals surface area (Å²) in [4.78, 5) is 104. The summed E-state index contributed by atoms with van der Waals surface area (Å²) in [5.41, 5.74) is 3.93. The maximum absolute atomic E-state index is 14.3. The van der Waals surface area contributed by atoms with Gasteiger partial charge in [0, 0.05) is 64.5 Å². The van der Waals surface area contributed by atoms with Crippen molar-refractivity contribution in [1.82, 2.24) is 40.9 Å². The number of nitrogens with zero attached hydrogens (tertiary/aromatic N) is 5. The molecule has 0 radical (unpaired) electrons. The molecule has 4 N–H and O–H groups in total. The van der Waals surface area contributed by atoms with Crippen LogP contribution < -0.4 is 21.3 Å². The third-order valence-corrected chi connectivity index (χ3v) is 12.4. The predicted octanol–water partition coefficient (Wildman–Crippen LogP) is 2.26. The first-order chi connectivity index (χ1) is 38.4. The van der Waals surface area contributed by atoms with Gasteiger partial charge in [-0.1, -0.05) is 124 Å². The molecule has 0 bridgehead atoms. The monoisotopic (exact) mass is 1160 g/mol. The van der Waals surface area contributed by atoms with Crippen molar-refractivity contribution in [3.8, 4) is 0 Å². The van der Waals surface area contributed by atoms with Gasteiger partial charge in [-0.15, -0.1) is 0 Å². The second-order valence-electron chi connectivity index (χ2n) is 17.9. The summed E-state index contributed by atoms with van der Waals surface area (Å²) in [6, 6.07) is 36.4. The number of methoxy groups -OCH3 is 2. The molecule has 0 saturated carbocycles. The Morgan fingerprint density at radius 2 is 0.975 bits per heavy atom. The lowest BCUT2D eigenvalue weighted by Gasteiger charge is -2.31. The van der Waals surface area contributed by atoms with Crippen LogP contribution in [0.25, 0.3) is 0 Å². The van der Waals surface area contributed by atoms with Gasteiger partial charge in [-0.05, 0) is 60.2 Å². The quantitative estimate of drug-likeness (QED) is 0.0285. The molecule has 4 aromatic rings. The molecule has 0 spiro atoms. The first kappa shape index (κ1) is 64.4. The topological polar surface area (TPSA) is 239 Å². The fourth-order valence-corrected chi connectivity index (χ4v) is 7.99. The van der Waals surface area contributed by atoms with Crippen molar-refractivity contribution < 1.29 is 57.3 Å². The van der Waals surface area contributed by atoms with E-state index in [1.807, 2.05) is 115 Å². The number of nitrogens with one attached hydrogen (secondary N) is 4. The minimum Gasteiger partial charge on any atom is -0.386 e. The lowest BCUT2D eigenvalue weighted by Crippen LogP contribution is -2.52. The Kier molecular flexibility index (Phi) is 32.1. The van der Waals surface area contributed by atoms with Crippen molar-refractivity contribution in [1.29, 1.82) is 0 Å². The number of carbonyl (C=O) groups is 7. The van der Waals surface area contributed by atoms with Crippen LogP contribution in [0.5, 0.6) is 0 Å². The fourth-order valence-electron chi connectivity index (χ4n) is 7.55. The average molecular weight is 1160 g/mol. The molecule has 0 unspecified atom stereocenters. The molecular formula is C57H76BrN9O12. The summed E-state index contributed by atoms with van der Waals surface area (Å²) in [5, 5.41) is 14.8. The molecule has 0 aromatic heterocycles. The van der Waals surface area contributed by atoms with Gasteiger partial charge >= 0.3 is 0 Å². The molecule has 79 heavy (non-hydrogen) atoms. The summed E-state index contributed by atoms with van der Waals surface area (Å²) < 4.78 is 22.6. The van der Waals surface area contributed by atoms with Crippen LogP contribution >= 0.6 is 15.9 Å². The van der Waals surface area contributed by atoms with Gasteiger partial charge in [-0.25, -0.2) is 0 Å². The molecule has 4 aromatic carbocycles. The van der Waals surface area contributed by atoms with E-state index in [2.05, 4.69) is 42.4 Å². The molecule has 428 valence electrons. The maximum Gasteiger partial charge on any atom is 0.265 e. The first-order valence-corrected chi connectivity index (χ1v) is 27.0. The molecule has 0 atom stereocenters. The Bertz CT molecular complexity index is 2460. The van der Waals surface area contributed by atoms with E-state index in [0.717, 1.165) is 39.4 Å². The predicted molar refractivity (Wildman–Crippen MR) is 301 cm³/mol. The van der Waals surface area contributed by atoms with E-state index in [1.165, 1.54) is 33.8 Å². The highest BCUT2D eigenvalue weighted by Crippen LogP contribution is 2.12. The van der Waals surface area contributed by atoms with Crippen molar-refractivity contribution in [3.63, 3.8) is 0 Å². The Morgan fingerprint density at radius 3 is 1.51 bits per heavy atom. The van der Waals surface area contributed by atoms with E-state index in [0.29, 0.717) is 25.9 Å². The Balaban J connectivity index is 1.25. The van der Waals surface area contributed by atoms with Gasteiger partial charge in [0.05, 0.1) is 72.4 Å². The van der Waals surface area contributed by atoms with Crippen LogP contribution in [-0.2, 0) is 83.2 Å². The number of oxime groups is 1. The standard InChI is InChI=1S/C57H76BrN9O12/c1-75-33-29-66(54(71)40-59-24-21-46-13-6-3-7-14-46)43-56(73)65(28-23-48-17-10-5-11-18-48)42-57(74)67(30-34-76-2)44-55(72)64(27-22-47-15-8-4-9-16-47)41-52(69)61-26-32-78-36-35-77-31-25-60-51(68)39-63-79-45-53(70)62-38-49-19-12-20-50(58)37-49/h3-20,37,39,59H,21-36,38,40-45H2,1-2H3,(H,60,68)(H,61,69)(H,62,70)/b63-39+. The number of halogens is 1. The minimum atomic E-state index is -0.528. The van der Waals surface area contributed by atoms with Gasteiger partial charge in [-0.2, -0.15) is 0 Å². The molecule has 0 saturated heterocycles. The summed E-state index contributed by atoms with van der Waals surface area (Å²) in [7, 11) is 3.00. The van der Waals surface area contributed by atoms with Gasteiger partial charge in [0.1, 0.15) is 6.21 Å². The highest BCUT2D eigenvalue weighted by atomic mass is 79.9. The zero-order valence-electron chi connectivity index (χ0n) is 45.3. The van der Waals surface area contributed by atoms with Crippen LogP contribution in [-0.4, -0.2) is 206 Å². The van der Waals surface area contributed by atoms with Crippen LogP contribution in [0.3, 0.4) is 0 Å². The zero-order valence-corrected chi connectivity index (χ0v) is 46.9. The summed E-state index contributed by atoms with van der Waals surface area (Å²) in [6.07, 6.45) is 2.52. The van der Waals surface area contributed by atoms with Gasteiger partial charge in [0.2, 0.25) is 29.5 Å². The highest BCUT2D eigenvalue weighted by Gasteiger charge is 2.28. The lowest BCUT2D eigenvalue weighted by atomic mass is 10.1. The van der Waals surface area contributed by atoms with E-state index in [9.17, 15) is 33.6 Å². The number of hydrogen-bond donors (Lipinski definition) is 4. The Morgan fingerprint density at radius 1 is 0.494 bits per heavy atom. The van der Waals surface area contributed by atoms with Gasteiger partial charge in [0.25, 0.3) is 11.8 Å². The molecule has 0 aliphatic carbocycles. The van der Waals surface area contributed by atoms with Crippen molar-refractivity contribution in [2.24, 2.45) is 5.16 Å². The van der Waals surface area contributed by atoms with Crippen molar-refractivity contribution in [3.05, 3.63) is 142 Å². The van der Waals surface area contributed by atoms with E-state index < -0.39 is 35.4 Å². The molecule has 7 amide bonds. The number of hydrogen-bond acceptors (Lipinski definition) is 14. The largest absolute Gasteiger partial charge is 0.386 e. The van der Waals surface area contributed by atoms with Gasteiger partial charge < -0.3 is 64.7 Å². The first-order valence-electron chi connectivity index (χ1n) is 26.2. The van der Waals surface area contributed by atoms with Crippen molar-refractivity contribution in [2.45, 2.75) is 25.8 Å². The second kappa shape index (κ2) is 39.3. The van der Waals surface area contributed by atoms with E-state index in [-0.39, 0.29) is 124 Å². The van der Waals surface area contributed by atoms with Gasteiger partial charge in [-0.3, -0.25) is 33.6 Å². The molecule has 0 aliphatic heterocycles. The smallest absolute Gasteiger partial charge is 0.265 e. The fraction of sp³-hybridized carbons (Fsp3) is 0.439. The highest BCUT2D eigenvalue weighted by molar-refractivity contribution is 9.10.